The summed E-state index contributed by atoms with van der Waals surface area (Å²) in [6.45, 7) is 3.88. The largest absolute Gasteiger partial charge is 0.493 e. The maximum Gasteiger partial charge on any atom is 0.290 e. The van der Waals surface area contributed by atoms with E-state index in [0.29, 0.717) is 34.1 Å². The Morgan fingerprint density at radius 3 is 2.52 bits per heavy atom. The maximum atomic E-state index is 13.7. The number of rotatable bonds is 6. The van der Waals surface area contributed by atoms with Crippen molar-refractivity contribution in [1.29, 1.82) is 0 Å². The molecule has 2 heterocycles. The van der Waals surface area contributed by atoms with E-state index in [1.54, 1.807) is 43.4 Å². The molecule has 1 atom stereocenters. The summed E-state index contributed by atoms with van der Waals surface area (Å²) in [7, 11) is -0.113. The number of carbonyl (C=O) groups excluding carboxylic acids is 1. The van der Waals surface area contributed by atoms with Crippen LogP contribution in [0, 0.1) is 13.8 Å². The quantitative estimate of drug-likeness (QED) is 0.503. The molecule has 0 aliphatic carbocycles. The van der Waals surface area contributed by atoms with E-state index >= 15 is 0 Å². The van der Waals surface area contributed by atoms with Crippen molar-refractivity contribution in [2.75, 3.05) is 25.7 Å². The monoisotopic (exact) mass is 491 g/mol. The molecule has 4 rings (SSSR count). The summed E-state index contributed by atoms with van der Waals surface area (Å²) in [6.07, 6.45) is 0.381. The molecular formula is C24H26ClNO6S. The molecule has 0 spiro atoms. The third-order valence-corrected chi connectivity index (χ3v) is 8.28. The number of hydrogen-bond donors (Lipinski definition) is 0. The van der Waals surface area contributed by atoms with E-state index < -0.39 is 15.9 Å². The minimum Gasteiger partial charge on any atom is -0.493 e. The van der Waals surface area contributed by atoms with Gasteiger partial charge in [-0.05, 0) is 55.7 Å². The van der Waals surface area contributed by atoms with Crippen LogP contribution in [0.3, 0.4) is 0 Å². The van der Waals surface area contributed by atoms with Crippen molar-refractivity contribution in [3.05, 3.63) is 57.8 Å². The van der Waals surface area contributed by atoms with E-state index in [1.807, 2.05) is 19.9 Å². The van der Waals surface area contributed by atoms with Crippen LogP contribution in [0.15, 0.2) is 34.7 Å². The lowest BCUT2D eigenvalue weighted by molar-refractivity contribution is 0.0649. The fourth-order valence-corrected chi connectivity index (χ4v) is 6.13. The van der Waals surface area contributed by atoms with Gasteiger partial charge >= 0.3 is 0 Å². The van der Waals surface area contributed by atoms with Crippen molar-refractivity contribution in [3.63, 3.8) is 0 Å². The minimum absolute atomic E-state index is 0.0568. The maximum absolute atomic E-state index is 13.7. The first-order valence-electron chi connectivity index (χ1n) is 10.5. The Bertz CT molecular complexity index is 1330. The van der Waals surface area contributed by atoms with Crippen molar-refractivity contribution in [1.82, 2.24) is 4.90 Å². The lowest BCUT2D eigenvalue weighted by Crippen LogP contribution is -2.40. The first kappa shape index (κ1) is 23.4. The second kappa shape index (κ2) is 8.91. The molecule has 1 amide bonds. The topological polar surface area (TPSA) is 86.0 Å². The normalized spacial score (nSPS) is 17.3. The van der Waals surface area contributed by atoms with E-state index in [2.05, 4.69) is 0 Å². The highest BCUT2D eigenvalue weighted by atomic mass is 35.5. The van der Waals surface area contributed by atoms with Gasteiger partial charge in [0.05, 0.1) is 25.7 Å². The lowest BCUT2D eigenvalue weighted by atomic mass is 10.1. The molecule has 0 bridgehead atoms. The average molecular weight is 492 g/mol. The van der Waals surface area contributed by atoms with Gasteiger partial charge in [-0.3, -0.25) is 4.79 Å². The van der Waals surface area contributed by atoms with E-state index in [4.69, 9.17) is 25.5 Å². The molecule has 0 saturated carbocycles. The van der Waals surface area contributed by atoms with Crippen molar-refractivity contribution in [3.8, 4) is 11.5 Å². The zero-order valence-corrected chi connectivity index (χ0v) is 20.5. The van der Waals surface area contributed by atoms with Gasteiger partial charge in [0.15, 0.2) is 27.1 Å². The van der Waals surface area contributed by atoms with E-state index in [9.17, 15) is 13.2 Å². The number of furan rings is 1. The van der Waals surface area contributed by atoms with Gasteiger partial charge in [-0.1, -0.05) is 17.7 Å². The zero-order valence-electron chi connectivity index (χ0n) is 19.0. The van der Waals surface area contributed by atoms with Gasteiger partial charge in [0.2, 0.25) is 0 Å². The number of hydrogen-bond acceptors (Lipinski definition) is 6. The van der Waals surface area contributed by atoms with Crippen molar-refractivity contribution in [2.24, 2.45) is 0 Å². The molecular weight excluding hydrogens is 466 g/mol. The fourth-order valence-electron chi connectivity index (χ4n) is 4.24. The van der Waals surface area contributed by atoms with Crippen LogP contribution in [-0.2, 0) is 16.4 Å². The van der Waals surface area contributed by atoms with Gasteiger partial charge < -0.3 is 18.8 Å². The first-order chi connectivity index (χ1) is 15.6. The average Bonchev–Trinajstić information content (AvgIpc) is 3.30. The number of sulfone groups is 1. The number of nitrogens with zero attached hydrogens (tertiary/aromatic N) is 1. The van der Waals surface area contributed by atoms with Crippen molar-refractivity contribution in [2.45, 2.75) is 32.9 Å². The number of ether oxygens (including phenoxy) is 2. The Hall–Kier alpha value is -2.71. The molecule has 1 aliphatic rings. The summed E-state index contributed by atoms with van der Waals surface area (Å²) < 4.78 is 41.1. The van der Waals surface area contributed by atoms with Gasteiger partial charge in [0, 0.05) is 28.6 Å². The first-order valence-corrected chi connectivity index (χ1v) is 12.7. The second-order valence-electron chi connectivity index (χ2n) is 8.33. The molecule has 1 saturated heterocycles. The van der Waals surface area contributed by atoms with Crippen LogP contribution in [0.2, 0.25) is 5.02 Å². The number of methoxy groups -OCH3 is 2. The SMILES string of the molecule is COc1ccc(CN(C(=O)c2oc3cc(C)c(Cl)cc3c2C)[C@@H]2CCS(=O)(=O)C2)cc1OC. The summed E-state index contributed by atoms with van der Waals surface area (Å²) >= 11 is 6.28. The van der Waals surface area contributed by atoms with Gasteiger partial charge in [0.1, 0.15) is 5.58 Å². The summed E-state index contributed by atoms with van der Waals surface area (Å²) in [5.41, 5.74) is 2.89. The van der Waals surface area contributed by atoms with Gasteiger partial charge in [-0.15, -0.1) is 0 Å². The summed E-state index contributed by atoms with van der Waals surface area (Å²) in [5, 5.41) is 1.36. The molecule has 0 unspecified atom stereocenters. The molecule has 1 fully saturated rings. The molecule has 1 aromatic heterocycles. The smallest absolute Gasteiger partial charge is 0.290 e. The molecule has 1 aliphatic heterocycles. The standard InChI is InChI=1S/C24H26ClNO6S/c1-14-9-21-18(11-19(14)25)15(2)23(32-21)24(27)26(17-7-8-33(28,29)13-17)12-16-5-6-20(30-3)22(10-16)31-4/h5-6,9-11,17H,7-8,12-13H2,1-4H3/t17-/m1/s1. The Morgan fingerprint density at radius 2 is 1.88 bits per heavy atom. The molecule has 3 aromatic rings. The second-order valence-corrected chi connectivity index (χ2v) is 11.0. The van der Waals surface area contributed by atoms with Crippen LogP contribution in [-0.4, -0.2) is 51.0 Å². The van der Waals surface area contributed by atoms with Crippen LogP contribution < -0.4 is 9.47 Å². The number of benzene rings is 2. The Balaban J connectivity index is 1.75. The lowest BCUT2D eigenvalue weighted by Gasteiger charge is -2.28. The van der Waals surface area contributed by atoms with E-state index in [0.717, 1.165) is 16.5 Å². The van der Waals surface area contributed by atoms with Crippen molar-refractivity contribution < 1.29 is 27.1 Å². The Kier molecular flexibility index (Phi) is 6.33. The Labute approximate surface area is 198 Å². The number of carbonyl (C=O) groups is 1. The predicted octanol–water partition coefficient (Wildman–Crippen LogP) is 4.55. The molecule has 176 valence electrons. The highest BCUT2D eigenvalue weighted by molar-refractivity contribution is 7.91. The summed E-state index contributed by atoms with van der Waals surface area (Å²) in [4.78, 5) is 15.3. The van der Waals surface area contributed by atoms with Crippen molar-refractivity contribution >= 4 is 38.3 Å². The van der Waals surface area contributed by atoms with E-state index in [-0.39, 0.29) is 29.7 Å². The zero-order chi connectivity index (χ0) is 23.9. The molecule has 0 radical (unpaired) electrons. The minimum atomic E-state index is -3.20. The van der Waals surface area contributed by atoms with Gasteiger partial charge in [0.25, 0.3) is 5.91 Å². The number of aryl methyl sites for hydroxylation is 2. The van der Waals surface area contributed by atoms with Crippen LogP contribution in [0.5, 0.6) is 11.5 Å². The molecule has 33 heavy (non-hydrogen) atoms. The van der Waals surface area contributed by atoms with Gasteiger partial charge in [-0.25, -0.2) is 8.42 Å². The number of amides is 1. The van der Waals surface area contributed by atoms with Crippen LogP contribution >= 0.6 is 11.6 Å². The molecule has 9 heteroatoms. The highest BCUT2D eigenvalue weighted by Gasteiger charge is 2.37. The number of fused-ring (bicyclic) bond motifs is 1. The third-order valence-electron chi connectivity index (χ3n) is 6.12. The fraction of sp³-hybridized carbons (Fsp3) is 0.375. The predicted molar refractivity (Wildman–Crippen MR) is 127 cm³/mol. The van der Waals surface area contributed by atoms with Crippen LogP contribution in [0.25, 0.3) is 11.0 Å². The highest BCUT2D eigenvalue weighted by Crippen LogP contribution is 2.33. The summed E-state index contributed by atoms with van der Waals surface area (Å²) in [5.74, 6) is 0.928. The molecule has 0 N–H and O–H groups in total. The summed E-state index contributed by atoms with van der Waals surface area (Å²) in [6, 6.07) is 8.53. The van der Waals surface area contributed by atoms with Crippen LogP contribution in [0.1, 0.15) is 33.7 Å². The molecule has 7 nitrogen and oxygen atoms in total. The van der Waals surface area contributed by atoms with E-state index in [1.165, 1.54) is 0 Å². The van der Waals surface area contributed by atoms with Gasteiger partial charge in [-0.2, -0.15) is 0 Å². The molecule has 2 aromatic carbocycles. The Morgan fingerprint density at radius 1 is 1.15 bits per heavy atom. The number of halogens is 1. The van der Waals surface area contributed by atoms with Crippen LogP contribution in [0.4, 0.5) is 0 Å². The third kappa shape index (κ3) is 4.54.